The van der Waals surface area contributed by atoms with Gasteiger partial charge >= 0.3 is 6.09 Å². The highest BCUT2D eigenvalue weighted by molar-refractivity contribution is 7.99. The molecule has 0 unspecified atom stereocenters. The van der Waals surface area contributed by atoms with Crippen molar-refractivity contribution in [2.24, 2.45) is 0 Å². The van der Waals surface area contributed by atoms with E-state index in [1.807, 2.05) is 42.1 Å². The molecule has 0 fully saturated rings. The summed E-state index contributed by atoms with van der Waals surface area (Å²) < 4.78 is 4.77. The van der Waals surface area contributed by atoms with Gasteiger partial charge in [0.05, 0.1) is 27.5 Å². The van der Waals surface area contributed by atoms with E-state index >= 15 is 0 Å². The van der Waals surface area contributed by atoms with Gasteiger partial charge in [0, 0.05) is 5.75 Å². The van der Waals surface area contributed by atoms with Gasteiger partial charge in [0.2, 0.25) is 0 Å². The number of hydrogen-bond donors (Lipinski definition) is 1. The molecule has 2 aromatic heterocycles. The summed E-state index contributed by atoms with van der Waals surface area (Å²) in [5.41, 5.74) is 8.44. The molecule has 5 aromatic rings. The van der Waals surface area contributed by atoms with Crippen molar-refractivity contribution in [3.05, 3.63) is 155 Å². The number of carbonyl (C=O) groups excluding carboxylic acids is 1. The Morgan fingerprint density at radius 2 is 1.12 bits per heavy atom. The summed E-state index contributed by atoms with van der Waals surface area (Å²) in [5.74, 6) is 0.676. The van der Waals surface area contributed by atoms with Crippen LogP contribution < -0.4 is 5.48 Å². The van der Waals surface area contributed by atoms with E-state index in [1.54, 1.807) is 20.8 Å². The number of thioether (sulfide) groups is 1. The smallest absolute Gasteiger partial charge is 0.431 e. The summed E-state index contributed by atoms with van der Waals surface area (Å²) in [6.07, 6.45) is -0.645. The first kappa shape index (κ1) is 30.0. The highest BCUT2D eigenvalue weighted by Crippen LogP contribution is 2.49. The van der Waals surface area contributed by atoms with Crippen LogP contribution in [0.5, 0.6) is 0 Å². The lowest BCUT2D eigenvalue weighted by molar-refractivity contribution is -0.0144. The molecule has 43 heavy (non-hydrogen) atoms. The molecule has 3 aromatic carbocycles. The van der Waals surface area contributed by atoms with Crippen LogP contribution in [0.4, 0.5) is 4.79 Å². The Morgan fingerprint density at radius 3 is 1.60 bits per heavy atom. The first-order valence-corrected chi connectivity index (χ1v) is 15.2. The lowest BCUT2D eigenvalue weighted by Gasteiger charge is -2.35. The van der Waals surface area contributed by atoms with Crippen LogP contribution in [0.3, 0.4) is 0 Å². The van der Waals surface area contributed by atoms with Gasteiger partial charge in [-0.3, -0.25) is 9.82 Å². The standard InChI is InChI=1S/C36H35N3O3S/c1-35(2,3)42-34(40)39-41-25-30-21-13-23-32(37-30)33-24-14-22-31(38-33)26-43-36(27-15-7-4-8-16-27,28-17-9-5-10-18-28)29-19-11-6-12-20-29/h4-24H,25-26H2,1-3H3,(H,39,40). The minimum Gasteiger partial charge on any atom is -0.442 e. The molecule has 0 atom stereocenters. The van der Waals surface area contributed by atoms with Crippen LogP contribution in [-0.2, 0) is 26.7 Å². The molecule has 0 radical (unpaired) electrons. The summed E-state index contributed by atoms with van der Waals surface area (Å²) >= 11 is 1.85. The zero-order valence-corrected chi connectivity index (χ0v) is 25.4. The summed E-state index contributed by atoms with van der Waals surface area (Å²) in [6, 6.07) is 43.7. The van der Waals surface area contributed by atoms with Crippen molar-refractivity contribution in [1.82, 2.24) is 15.4 Å². The fourth-order valence-corrected chi connectivity index (χ4v) is 6.26. The number of benzene rings is 3. The van der Waals surface area contributed by atoms with E-state index in [0.29, 0.717) is 11.4 Å². The van der Waals surface area contributed by atoms with Crippen LogP contribution >= 0.6 is 11.8 Å². The van der Waals surface area contributed by atoms with Gasteiger partial charge in [-0.2, -0.15) is 5.48 Å². The normalized spacial score (nSPS) is 11.6. The minimum atomic E-state index is -0.645. The zero-order chi connectivity index (χ0) is 30.1. The number of pyridine rings is 2. The molecule has 6 nitrogen and oxygen atoms in total. The van der Waals surface area contributed by atoms with Gasteiger partial charge < -0.3 is 4.74 Å². The average Bonchev–Trinajstić information content (AvgIpc) is 3.02. The molecule has 0 aliphatic carbocycles. The van der Waals surface area contributed by atoms with Crippen molar-refractivity contribution in [3.63, 3.8) is 0 Å². The van der Waals surface area contributed by atoms with Gasteiger partial charge in [-0.1, -0.05) is 103 Å². The predicted octanol–water partition coefficient (Wildman–Crippen LogP) is 8.33. The van der Waals surface area contributed by atoms with E-state index < -0.39 is 16.4 Å². The zero-order valence-electron chi connectivity index (χ0n) is 24.6. The van der Waals surface area contributed by atoms with Crippen molar-refractivity contribution in [2.45, 2.75) is 43.5 Å². The molecular weight excluding hydrogens is 554 g/mol. The first-order chi connectivity index (χ1) is 20.8. The van der Waals surface area contributed by atoms with Crippen molar-refractivity contribution in [1.29, 1.82) is 0 Å². The largest absolute Gasteiger partial charge is 0.442 e. The number of nitrogens with zero attached hydrogens (tertiary/aromatic N) is 2. The number of nitrogens with one attached hydrogen (secondary N) is 1. The molecule has 0 saturated heterocycles. The molecule has 0 spiro atoms. The highest BCUT2D eigenvalue weighted by Gasteiger charge is 2.37. The number of rotatable bonds is 10. The Morgan fingerprint density at radius 1 is 0.651 bits per heavy atom. The number of hydrogen-bond acceptors (Lipinski definition) is 6. The van der Waals surface area contributed by atoms with Crippen LogP contribution in [0, 0.1) is 0 Å². The number of hydroxylamine groups is 1. The van der Waals surface area contributed by atoms with Crippen molar-refractivity contribution < 1.29 is 14.4 Å². The van der Waals surface area contributed by atoms with E-state index in [9.17, 15) is 4.79 Å². The quantitative estimate of drug-likeness (QED) is 0.130. The molecule has 2 heterocycles. The molecular formula is C36H35N3O3S. The maximum absolute atomic E-state index is 11.9. The lowest BCUT2D eigenvalue weighted by atomic mass is 9.84. The van der Waals surface area contributed by atoms with Gasteiger partial charge in [-0.15, -0.1) is 11.8 Å². The number of carbonyl (C=O) groups is 1. The molecule has 1 amide bonds. The van der Waals surface area contributed by atoms with Crippen LogP contribution in [-0.4, -0.2) is 21.7 Å². The van der Waals surface area contributed by atoms with Gasteiger partial charge in [0.25, 0.3) is 0 Å². The van der Waals surface area contributed by atoms with Gasteiger partial charge in [-0.25, -0.2) is 9.78 Å². The number of amides is 1. The topological polar surface area (TPSA) is 73.3 Å². The van der Waals surface area contributed by atoms with Gasteiger partial charge in [0.15, 0.2) is 0 Å². The SMILES string of the molecule is CC(C)(C)OC(=O)NOCc1cccc(-c2cccc(CSC(c3ccccc3)(c3ccccc3)c3ccccc3)n2)n1. The number of aromatic nitrogens is 2. The maximum atomic E-state index is 11.9. The molecule has 0 saturated carbocycles. The summed E-state index contributed by atoms with van der Waals surface area (Å²) in [4.78, 5) is 26.9. The predicted molar refractivity (Wildman–Crippen MR) is 172 cm³/mol. The Kier molecular flexibility index (Phi) is 9.55. The van der Waals surface area contributed by atoms with Crippen molar-refractivity contribution in [3.8, 4) is 11.4 Å². The first-order valence-electron chi connectivity index (χ1n) is 14.2. The summed E-state index contributed by atoms with van der Waals surface area (Å²) in [6.45, 7) is 5.48. The third kappa shape index (κ3) is 7.69. The van der Waals surface area contributed by atoms with Gasteiger partial charge in [0.1, 0.15) is 12.2 Å². The second kappa shape index (κ2) is 13.7. The Labute approximate surface area is 257 Å². The third-order valence-corrected chi connectivity index (χ3v) is 8.21. The Hall–Kier alpha value is -4.46. The molecule has 218 valence electrons. The summed E-state index contributed by atoms with van der Waals surface area (Å²) in [7, 11) is 0. The fourth-order valence-electron chi connectivity index (χ4n) is 4.82. The van der Waals surface area contributed by atoms with Crippen molar-refractivity contribution in [2.75, 3.05) is 0 Å². The Balaban J connectivity index is 1.38. The molecule has 5 rings (SSSR count). The molecule has 0 aliphatic rings. The second-order valence-corrected chi connectivity index (χ2v) is 12.2. The van der Waals surface area contributed by atoms with E-state index in [2.05, 4.69) is 103 Å². The molecule has 1 N–H and O–H groups in total. The fraction of sp³-hybridized carbons (Fsp3) is 0.194. The maximum Gasteiger partial charge on any atom is 0.431 e. The second-order valence-electron chi connectivity index (χ2n) is 11.0. The molecule has 0 bridgehead atoms. The minimum absolute atomic E-state index is 0.0936. The van der Waals surface area contributed by atoms with Crippen LogP contribution in [0.15, 0.2) is 127 Å². The van der Waals surface area contributed by atoms with Crippen LogP contribution in [0.2, 0.25) is 0 Å². The van der Waals surface area contributed by atoms with Crippen LogP contribution in [0.25, 0.3) is 11.4 Å². The van der Waals surface area contributed by atoms with Gasteiger partial charge in [-0.05, 0) is 61.7 Å². The Bertz CT molecular complexity index is 1530. The van der Waals surface area contributed by atoms with E-state index in [-0.39, 0.29) is 6.61 Å². The lowest BCUT2D eigenvalue weighted by Crippen LogP contribution is -2.32. The average molecular weight is 590 g/mol. The van der Waals surface area contributed by atoms with Crippen molar-refractivity contribution >= 4 is 17.9 Å². The van der Waals surface area contributed by atoms with E-state index in [0.717, 1.165) is 17.1 Å². The van der Waals surface area contributed by atoms with Crippen LogP contribution in [0.1, 0.15) is 48.8 Å². The number of ether oxygens (including phenoxy) is 1. The third-order valence-electron chi connectivity index (χ3n) is 6.63. The van der Waals surface area contributed by atoms with E-state index in [4.69, 9.17) is 19.5 Å². The van der Waals surface area contributed by atoms with E-state index in [1.165, 1.54) is 16.7 Å². The summed E-state index contributed by atoms with van der Waals surface area (Å²) in [5, 5.41) is 0. The highest BCUT2D eigenvalue weighted by atomic mass is 32.2. The molecule has 0 aliphatic heterocycles. The molecule has 7 heteroatoms. The monoisotopic (exact) mass is 589 g/mol.